The van der Waals surface area contributed by atoms with Crippen LogP contribution in [0.15, 0.2) is 45.8 Å². The summed E-state index contributed by atoms with van der Waals surface area (Å²) in [7, 11) is 0. The summed E-state index contributed by atoms with van der Waals surface area (Å²) in [6.07, 6.45) is 2.36. The maximum Gasteiger partial charge on any atom is 0.259 e. The molecule has 0 amide bonds. The number of benzene rings is 1. The standard InChI is InChI=1S/C22H26N4O2/c1-5-19-17(4)23-22-25(20-10-6-8-15(2)16(20)3)13-24(14-26(22)21(19)27)12-18-9-7-11-28-18/h6-11H,5,12-14H2,1-4H3. The number of fused-ring (bicyclic) bond motifs is 1. The van der Waals surface area contributed by atoms with Gasteiger partial charge in [-0.1, -0.05) is 19.1 Å². The molecule has 0 atom stereocenters. The van der Waals surface area contributed by atoms with E-state index in [4.69, 9.17) is 9.40 Å². The van der Waals surface area contributed by atoms with Crippen molar-refractivity contribution in [1.82, 2.24) is 14.5 Å². The van der Waals surface area contributed by atoms with Gasteiger partial charge in [0, 0.05) is 16.9 Å². The quantitative estimate of drug-likeness (QED) is 0.689. The first-order valence-corrected chi connectivity index (χ1v) is 9.68. The van der Waals surface area contributed by atoms with E-state index in [1.165, 1.54) is 11.1 Å². The Morgan fingerprint density at radius 3 is 2.64 bits per heavy atom. The van der Waals surface area contributed by atoms with Crippen LogP contribution in [0.4, 0.5) is 11.6 Å². The number of furan rings is 1. The highest BCUT2D eigenvalue weighted by atomic mass is 16.3. The van der Waals surface area contributed by atoms with Gasteiger partial charge in [-0.15, -0.1) is 0 Å². The van der Waals surface area contributed by atoms with Gasteiger partial charge in [-0.25, -0.2) is 4.98 Å². The van der Waals surface area contributed by atoms with Crippen LogP contribution < -0.4 is 10.5 Å². The molecule has 146 valence electrons. The summed E-state index contributed by atoms with van der Waals surface area (Å²) < 4.78 is 7.33. The fourth-order valence-electron chi connectivity index (χ4n) is 3.87. The van der Waals surface area contributed by atoms with E-state index in [1.807, 2.05) is 26.0 Å². The fraction of sp³-hybridized carbons (Fsp3) is 0.364. The van der Waals surface area contributed by atoms with Crippen molar-refractivity contribution in [1.29, 1.82) is 0 Å². The molecule has 6 heteroatoms. The molecule has 6 nitrogen and oxygen atoms in total. The van der Waals surface area contributed by atoms with E-state index in [0.29, 0.717) is 32.3 Å². The molecular weight excluding hydrogens is 352 g/mol. The largest absolute Gasteiger partial charge is 0.468 e. The highest BCUT2D eigenvalue weighted by molar-refractivity contribution is 5.64. The van der Waals surface area contributed by atoms with Gasteiger partial charge >= 0.3 is 0 Å². The molecule has 0 N–H and O–H groups in total. The first-order chi connectivity index (χ1) is 13.5. The van der Waals surface area contributed by atoms with Crippen molar-refractivity contribution in [2.45, 2.75) is 47.3 Å². The fourth-order valence-corrected chi connectivity index (χ4v) is 3.87. The van der Waals surface area contributed by atoms with Crippen molar-refractivity contribution in [2.75, 3.05) is 11.6 Å². The molecule has 0 fully saturated rings. The molecule has 0 saturated carbocycles. The van der Waals surface area contributed by atoms with E-state index in [1.54, 1.807) is 10.8 Å². The van der Waals surface area contributed by atoms with Gasteiger partial charge in [0.05, 0.1) is 26.1 Å². The van der Waals surface area contributed by atoms with Crippen molar-refractivity contribution in [3.63, 3.8) is 0 Å². The van der Waals surface area contributed by atoms with Gasteiger partial charge in [0.25, 0.3) is 5.56 Å². The summed E-state index contributed by atoms with van der Waals surface area (Å²) in [4.78, 5) is 22.4. The van der Waals surface area contributed by atoms with E-state index in [9.17, 15) is 4.79 Å². The number of anilines is 2. The minimum Gasteiger partial charge on any atom is -0.468 e. The number of aromatic nitrogens is 2. The Labute approximate surface area is 165 Å². The van der Waals surface area contributed by atoms with Crippen LogP contribution in [0.5, 0.6) is 0 Å². The number of nitrogens with zero attached hydrogens (tertiary/aromatic N) is 4. The minimum atomic E-state index is 0.0458. The van der Waals surface area contributed by atoms with Gasteiger partial charge < -0.3 is 4.42 Å². The van der Waals surface area contributed by atoms with Gasteiger partial charge in [0.1, 0.15) is 5.76 Å². The van der Waals surface area contributed by atoms with Crippen LogP contribution in [0.1, 0.15) is 35.1 Å². The predicted octanol–water partition coefficient (Wildman–Crippen LogP) is 3.89. The van der Waals surface area contributed by atoms with Gasteiger partial charge in [-0.05, 0) is 56.5 Å². The third-order valence-corrected chi connectivity index (χ3v) is 5.55. The maximum absolute atomic E-state index is 13.2. The first-order valence-electron chi connectivity index (χ1n) is 9.68. The molecule has 1 aliphatic heterocycles. The molecule has 4 rings (SSSR count). The molecule has 2 aromatic heterocycles. The molecule has 0 spiro atoms. The summed E-state index contributed by atoms with van der Waals surface area (Å²) in [5.41, 5.74) is 5.13. The van der Waals surface area contributed by atoms with Gasteiger partial charge in [-0.2, -0.15) is 0 Å². The number of hydrogen-bond acceptors (Lipinski definition) is 5. The third-order valence-electron chi connectivity index (χ3n) is 5.55. The van der Waals surface area contributed by atoms with Crippen LogP contribution in [-0.4, -0.2) is 21.1 Å². The monoisotopic (exact) mass is 378 g/mol. The van der Waals surface area contributed by atoms with Crippen molar-refractivity contribution in [2.24, 2.45) is 0 Å². The van der Waals surface area contributed by atoms with Crippen LogP contribution in [0, 0.1) is 20.8 Å². The summed E-state index contributed by atoms with van der Waals surface area (Å²) in [5, 5.41) is 0. The number of aryl methyl sites for hydroxylation is 2. The average Bonchev–Trinajstić information content (AvgIpc) is 3.18. The highest BCUT2D eigenvalue weighted by Crippen LogP contribution is 2.32. The van der Waals surface area contributed by atoms with E-state index < -0.39 is 0 Å². The lowest BCUT2D eigenvalue weighted by molar-refractivity contribution is 0.176. The minimum absolute atomic E-state index is 0.0458. The average molecular weight is 378 g/mol. The predicted molar refractivity (Wildman–Crippen MR) is 110 cm³/mol. The Hall–Kier alpha value is -2.86. The van der Waals surface area contributed by atoms with Gasteiger partial charge in [0.2, 0.25) is 5.95 Å². The highest BCUT2D eigenvalue weighted by Gasteiger charge is 2.29. The number of hydrogen-bond donors (Lipinski definition) is 0. The summed E-state index contributed by atoms with van der Waals surface area (Å²) >= 11 is 0. The van der Waals surface area contributed by atoms with E-state index in [2.05, 4.69) is 41.8 Å². The lowest BCUT2D eigenvalue weighted by Crippen LogP contribution is -2.47. The van der Waals surface area contributed by atoms with Gasteiger partial charge in [0.15, 0.2) is 0 Å². The normalized spacial score (nSPS) is 14.4. The molecule has 0 saturated heterocycles. The van der Waals surface area contributed by atoms with Crippen molar-refractivity contribution in [3.8, 4) is 0 Å². The van der Waals surface area contributed by atoms with Crippen LogP contribution >= 0.6 is 0 Å². The number of rotatable bonds is 4. The molecular formula is C22H26N4O2. The topological polar surface area (TPSA) is 54.5 Å². The van der Waals surface area contributed by atoms with Crippen LogP contribution in [-0.2, 0) is 19.6 Å². The second kappa shape index (κ2) is 7.28. The van der Waals surface area contributed by atoms with Crippen LogP contribution in [0.2, 0.25) is 0 Å². The Balaban J connectivity index is 1.85. The Bertz CT molecular complexity index is 1050. The second-order valence-electron chi connectivity index (χ2n) is 7.40. The molecule has 0 radical (unpaired) electrons. The smallest absolute Gasteiger partial charge is 0.259 e. The van der Waals surface area contributed by atoms with Crippen LogP contribution in [0.25, 0.3) is 0 Å². The second-order valence-corrected chi connectivity index (χ2v) is 7.40. The molecule has 0 unspecified atom stereocenters. The zero-order valence-corrected chi connectivity index (χ0v) is 16.9. The zero-order valence-electron chi connectivity index (χ0n) is 16.9. The van der Waals surface area contributed by atoms with Crippen molar-refractivity contribution >= 4 is 11.6 Å². The molecule has 3 heterocycles. The molecule has 3 aromatic rings. The lowest BCUT2D eigenvalue weighted by Gasteiger charge is -2.38. The summed E-state index contributed by atoms with van der Waals surface area (Å²) in [6.45, 7) is 9.93. The Kier molecular flexibility index (Phi) is 4.81. The molecule has 0 bridgehead atoms. The molecule has 1 aromatic carbocycles. The first kappa shape index (κ1) is 18.5. The van der Waals surface area contributed by atoms with E-state index in [0.717, 1.165) is 22.7 Å². The SMILES string of the molecule is CCc1c(C)nc2n(c1=O)CN(Cc1ccco1)CN2c1cccc(C)c1C. The molecule has 0 aliphatic carbocycles. The third kappa shape index (κ3) is 3.14. The Morgan fingerprint density at radius 2 is 1.93 bits per heavy atom. The lowest BCUT2D eigenvalue weighted by atomic mass is 10.1. The van der Waals surface area contributed by atoms with Gasteiger partial charge in [-0.3, -0.25) is 19.2 Å². The summed E-state index contributed by atoms with van der Waals surface area (Å²) in [5.74, 6) is 1.59. The van der Waals surface area contributed by atoms with Crippen LogP contribution in [0.3, 0.4) is 0 Å². The zero-order chi connectivity index (χ0) is 19.8. The summed E-state index contributed by atoms with van der Waals surface area (Å²) in [6, 6.07) is 10.1. The van der Waals surface area contributed by atoms with Crippen molar-refractivity contribution < 1.29 is 4.42 Å². The molecule has 28 heavy (non-hydrogen) atoms. The van der Waals surface area contributed by atoms with E-state index in [-0.39, 0.29) is 5.56 Å². The Morgan fingerprint density at radius 1 is 1.11 bits per heavy atom. The molecule has 1 aliphatic rings. The maximum atomic E-state index is 13.2. The van der Waals surface area contributed by atoms with E-state index >= 15 is 0 Å². The van der Waals surface area contributed by atoms with Crippen molar-refractivity contribution in [3.05, 3.63) is 75.1 Å².